The summed E-state index contributed by atoms with van der Waals surface area (Å²) in [6, 6.07) is 0. The summed E-state index contributed by atoms with van der Waals surface area (Å²) < 4.78 is -1.06. The summed E-state index contributed by atoms with van der Waals surface area (Å²) in [5, 5.41) is 0. The van der Waals surface area contributed by atoms with Crippen LogP contribution in [-0.2, 0) is 1.33 Å². The first-order valence-electron chi connectivity index (χ1n) is 0.478. The average Bonchev–Trinajstić information content (AvgIpc) is 0.722. The van der Waals surface area contributed by atoms with Crippen molar-refractivity contribution in [3.8, 4) is 0 Å². The van der Waals surface area contributed by atoms with E-state index < -0.39 is 1.33 Å². The van der Waals surface area contributed by atoms with Gasteiger partial charge in [-0.05, 0) is 0 Å². The van der Waals surface area contributed by atoms with Crippen molar-refractivity contribution >= 4 is 77.4 Å². The third kappa shape index (κ3) is 48.3. The van der Waals surface area contributed by atoms with Crippen LogP contribution in [0.4, 0.5) is 0 Å². The molecule has 0 spiro atoms. The standard InChI is InChI=1S/6HI.2K.Pt/h6*1H;;;/q;;;;;;2*+1;+4/p-6. The maximum atomic E-state index is 2.52. The van der Waals surface area contributed by atoms with E-state index in [2.05, 4.69) is 77.4 Å². The van der Waals surface area contributed by atoms with Gasteiger partial charge in [0.2, 0.25) is 0 Å². The van der Waals surface area contributed by atoms with Gasteiger partial charge in [0.25, 0.3) is 0 Å². The summed E-state index contributed by atoms with van der Waals surface area (Å²) in [5.41, 5.74) is 0. The molecular formula is I6K2Pt. The summed E-state index contributed by atoms with van der Waals surface area (Å²) >= 11 is 10.1. The van der Waals surface area contributed by atoms with Gasteiger partial charge in [0.1, 0.15) is 0 Å². The molecule has 0 N–H and O–H groups in total. The first-order valence-corrected chi connectivity index (χ1v) is 26.3. The summed E-state index contributed by atoms with van der Waals surface area (Å²) in [7, 11) is 0. The fourth-order valence-electron chi connectivity index (χ4n) is 0. The zero-order valence-corrected chi connectivity index (χ0v) is 26.0. The molecular weight excluding hydrogens is 1030 g/mol. The summed E-state index contributed by atoms with van der Waals surface area (Å²) in [4.78, 5) is 0. The minimum absolute atomic E-state index is 0. The largest absolute Gasteiger partial charge is 1.00 e. The zero-order chi connectivity index (χ0) is 4.50. The van der Waals surface area contributed by atoms with Crippen LogP contribution in [0.2, 0.25) is 0 Å². The molecule has 0 bridgehead atoms. The predicted octanol–water partition coefficient (Wildman–Crippen LogP) is -8.44. The third-order valence-electron chi connectivity index (χ3n) is 0. The first-order chi connectivity index (χ1) is 2.00. The zero-order valence-electron chi connectivity index (χ0n) is 4.58. The topological polar surface area (TPSA) is 0 Å². The average molecular weight is 1030 g/mol. The van der Waals surface area contributed by atoms with Crippen LogP contribution >= 0.6 is 77.4 Å². The van der Waals surface area contributed by atoms with Crippen molar-refractivity contribution in [3.63, 3.8) is 0 Å². The van der Waals surface area contributed by atoms with Crippen molar-refractivity contribution in [2.24, 2.45) is 0 Å². The van der Waals surface area contributed by atoms with E-state index in [0.717, 1.165) is 0 Å². The van der Waals surface area contributed by atoms with E-state index in [-0.39, 0.29) is 151 Å². The molecule has 0 aliphatic carbocycles. The molecule has 0 aromatic carbocycles. The van der Waals surface area contributed by atoms with E-state index in [0.29, 0.717) is 0 Å². The Morgan fingerprint density at radius 2 is 0.667 bits per heavy atom. The Morgan fingerprint density at radius 3 is 0.667 bits per heavy atom. The van der Waals surface area contributed by atoms with E-state index in [4.69, 9.17) is 0 Å². The Balaban J connectivity index is -0.0000000133. The quantitative estimate of drug-likeness (QED) is 0.168. The number of rotatable bonds is 0. The molecule has 0 fully saturated rings. The van der Waals surface area contributed by atoms with Crippen molar-refractivity contribution in [2.45, 2.75) is 0 Å². The maximum absolute atomic E-state index is 2.52. The second-order valence-corrected chi connectivity index (χ2v) is 99.8. The Hall–Kier alpha value is 8.34. The van der Waals surface area contributed by atoms with Crippen LogP contribution < -0.4 is 151 Å². The number of hydrogen-bond acceptors (Lipinski definition) is 0. The van der Waals surface area contributed by atoms with Gasteiger partial charge in [-0.3, -0.25) is 0 Å². The fourth-order valence-corrected chi connectivity index (χ4v) is 0. The van der Waals surface area contributed by atoms with Crippen molar-refractivity contribution < 1.29 is 152 Å². The molecule has 9 heteroatoms. The molecule has 0 amide bonds. The van der Waals surface area contributed by atoms with Gasteiger partial charge < -0.3 is 48.0 Å². The molecule has 0 atom stereocenters. The van der Waals surface area contributed by atoms with Crippen LogP contribution in [0.25, 0.3) is 0 Å². The summed E-state index contributed by atoms with van der Waals surface area (Å²) in [6.45, 7) is 0. The van der Waals surface area contributed by atoms with Gasteiger partial charge in [-0.15, -0.1) is 0 Å². The van der Waals surface area contributed by atoms with Crippen LogP contribution in [0.15, 0.2) is 0 Å². The Labute approximate surface area is 220 Å². The van der Waals surface area contributed by atoms with E-state index in [1.165, 1.54) is 0 Å². The Morgan fingerprint density at radius 1 is 0.667 bits per heavy atom. The van der Waals surface area contributed by atoms with Crippen LogP contribution in [0.1, 0.15) is 0 Å². The summed E-state index contributed by atoms with van der Waals surface area (Å²) in [6.07, 6.45) is 0. The van der Waals surface area contributed by atoms with Crippen molar-refractivity contribution in [3.05, 3.63) is 0 Å². The summed E-state index contributed by atoms with van der Waals surface area (Å²) in [5.74, 6) is 0. The monoisotopic (exact) mass is 1030 g/mol. The van der Waals surface area contributed by atoms with Crippen LogP contribution in [-0.4, -0.2) is 0 Å². The number of hydrogen-bond donors (Lipinski definition) is 0. The normalized spacial score (nSPS) is 8.44. The molecule has 9 heavy (non-hydrogen) atoms. The molecule has 54 valence electrons. The first kappa shape index (κ1) is 30.4. The SMILES string of the molecule is [I-].[I-].[I][Pt]([I])([I])[I].[K+].[K+]. The second kappa shape index (κ2) is 18.7. The van der Waals surface area contributed by atoms with Gasteiger partial charge in [0.15, 0.2) is 0 Å². The molecule has 0 saturated carbocycles. The number of halogens is 6. The van der Waals surface area contributed by atoms with Crippen molar-refractivity contribution in [2.75, 3.05) is 0 Å². The third-order valence-corrected chi connectivity index (χ3v) is 0. The molecule has 0 aromatic heterocycles. The van der Waals surface area contributed by atoms with Gasteiger partial charge in [0.05, 0.1) is 0 Å². The van der Waals surface area contributed by atoms with E-state index >= 15 is 0 Å². The van der Waals surface area contributed by atoms with E-state index in [9.17, 15) is 0 Å². The second-order valence-electron chi connectivity index (χ2n) is 0.271. The van der Waals surface area contributed by atoms with Gasteiger partial charge in [-0.1, -0.05) is 0 Å². The smallest absolute Gasteiger partial charge is 1.00 e. The van der Waals surface area contributed by atoms with Crippen molar-refractivity contribution in [1.82, 2.24) is 0 Å². The Bertz CT molecular complexity index is 26.5. The minimum atomic E-state index is -1.06. The Kier molecular flexibility index (Phi) is 63.2. The molecule has 0 radical (unpaired) electrons. The molecule has 0 nitrogen and oxygen atoms in total. The molecule has 0 unspecified atom stereocenters. The van der Waals surface area contributed by atoms with Gasteiger partial charge >= 0.3 is 182 Å². The molecule has 0 aliphatic heterocycles. The molecule has 0 saturated heterocycles. The van der Waals surface area contributed by atoms with Gasteiger partial charge in [0, 0.05) is 0 Å². The maximum Gasteiger partial charge on any atom is 1.00 e. The molecule has 0 rings (SSSR count). The fraction of sp³-hybridized carbons (Fsp3) is 0. The van der Waals surface area contributed by atoms with Crippen molar-refractivity contribution in [1.29, 1.82) is 0 Å². The minimum Gasteiger partial charge on any atom is 1.00 e. The van der Waals surface area contributed by atoms with Gasteiger partial charge in [-0.25, -0.2) is 0 Å². The predicted molar refractivity (Wildman–Crippen MR) is 56.1 cm³/mol. The van der Waals surface area contributed by atoms with E-state index in [1.54, 1.807) is 0 Å². The van der Waals surface area contributed by atoms with Gasteiger partial charge in [-0.2, -0.15) is 0 Å². The van der Waals surface area contributed by atoms with E-state index in [1.807, 2.05) is 0 Å². The molecule has 0 heterocycles. The van der Waals surface area contributed by atoms with Crippen LogP contribution in [0, 0.1) is 0 Å². The van der Waals surface area contributed by atoms with Crippen LogP contribution in [0.5, 0.6) is 0 Å². The van der Waals surface area contributed by atoms with Crippen LogP contribution in [0.3, 0.4) is 0 Å². The molecule has 0 aromatic rings. The molecule has 0 aliphatic rings.